The Bertz CT molecular complexity index is 1040. The van der Waals surface area contributed by atoms with Crippen LogP contribution in [0.3, 0.4) is 0 Å². The molecule has 2 N–H and O–H groups in total. The van der Waals surface area contributed by atoms with Crippen molar-refractivity contribution in [3.05, 3.63) is 72.2 Å². The van der Waals surface area contributed by atoms with Gasteiger partial charge in [-0.25, -0.2) is 15.0 Å². The topological polar surface area (TPSA) is 79.8 Å². The highest BCUT2D eigenvalue weighted by molar-refractivity contribution is 6.00. The van der Waals surface area contributed by atoms with E-state index < -0.39 is 11.7 Å². The molecule has 6 nitrogen and oxygen atoms in total. The second-order valence-electron chi connectivity index (χ2n) is 7.31. The standard InChI is InChI=1S/C22H20F3N5O/c23-22(24,25)14-9-10-19(28-13-14)29-17-7-3-8-18(17)30-21(31)16-6-2-1-5-15(16)20-26-11-4-12-27-20/h1-2,4-6,9-13,17-18H,3,7-8H2,(H,28,29)(H,30,31)/t17-,18?/m0/s1. The van der Waals surface area contributed by atoms with Gasteiger partial charge < -0.3 is 10.6 Å². The van der Waals surface area contributed by atoms with Gasteiger partial charge in [0.25, 0.3) is 5.91 Å². The fourth-order valence-corrected chi connectivity index (χ4v) is 3.70. The first-order chi connectivity index (χ1) is 14.9. The normalized spacial score (nSPS) is 18.5. The molecule has 31 heavy (non-hydrogen) atoms. The Morgan fingerprint density at radius 3 is 2.39 bits per heavy atom. The molecule has 1 saturated carbocycles. The largest absolute Gasteiger partial charge is 0.417 e. The lowest BCUT2D eigenvalue weighted by Crippen LogP contribution is -2.43. The fourth-order valence-electron chi connectivity index (χ4n) is 3.70. The summed E-state index contributed by atoms with van der Waals surface area (Å²) in [5.74, 6) is 0.558. The molecule has 3 aromatic rings. The van der Waals surface area contributed by atoms with E-state index in [4.69, 9.17) is 0 Å². The van der Waals surface area contributed by atoms with Crippen molar-refractivity contribution in [2.24, 2.45) is 0 Å². The monoisotopic (exact) mass is 427 g/mol. The van der Waals surface area contributed by atoms with Crippen molar-refractivity contribution in [2.45, 2.75) is 37.5 Å². The molecule has 160 valence electrons. The molecule has 1 unspecified atom stereocenters. The van der Waals surface area contributed by atoms with Crippen molar-refractivity contribution in [3.63, 3.8) is 0 Å². The van der Waals surface area contributed by atoms with Crippen molar-refractivity contribution in [1.82, 2.24) is 20.3 Å². The van der Waals surface area contributed by atoms with Gasteiger partial charge in [0.1, 0.15) is 5.82 Å². The Balaban J connectivity index is 1.47. The van der Waals surface area contributed by atoms with E-state index in [0.717, 1.165) is 31.5 Å². The highest BCUT2D eigenvalue weighted by Gasteiger charge is 2.32. The van der Waals surface area contributed by atoms with Gasteiger partial charge in [-0.15, -0.1) is 0 Å². The summed E-state index contributed by atoms with van der Waals surface area (Å²) in [5.41, 5.74) is 0.300. The molecule has 2 atom stereocenters. The zero-order valence-electron chi connectivity index (χ0n) is 16.4. The van der Waals surface area contributed by atoms with Crippen LogP contribution in [0.5, 0.6) is 0 Å². The van der Waals surface area contributed by atoms with Crippen LogP contribution in [0.2, 0.25) is 0 Å². The van der Waals surface area contributed by atoms with E-state index >= 15 is 0 Å². The van der Waals surface area contributed by atoms with Gasteiger partial charge in [0.05, 0.1) is 11.1 Å². The number of carbonyl (C=O) groups is 1. The molecule has 1 amide bonds. The molecule has 1 fully saturated rings. The second-order valence-corrected chi connectivity index (χ2v) is 7.31. The zero-order valence-corrected chi connectivity index (χ0v) is 16.4. The molecule has 0 radical (unpaired) electrons. The molecule has 0 spiro atoms. The van der Waals surface area contributed by atoms with E-state index in [0.29, 0.717) is 22.8 Å². The lowest BCUT2D eigenvalue weighted by Gasteiger charge is -2.23. The first-order valence-electron chi connectivity index (χ1n) is 9.89. The average molecular weight is 427 g/mol. The van der Waals surface area contributed by atoms with Gasteiger partial charge in [0.15, 0.2) is 5.82 Å². The second kappa shape index (κ2) is 8.71. The predicted molar refractivity (Wildman–Crippen MR) is 109 cm³/mol. The maximum Gasteiger partial charge on any atom is 0.417 e. The SMILES string of the molecule is O=C(NC1CCC[C@@H]1Nc1ccc(C(F)(F)F)cn1)c1ccccc1-c1ncccn1. The molecule has 1 aliphatic rings. The molecule has 0 saturated heterocycles. The van der Waals surface area contributed by atoms with Crippen molar-refractivity contribution >= 4 is 11.7 Å². The minimum atomic E-state index is -4.43. The molecule has 2 heterocycles. The number of nitrogens with zero attached hydrogens (tertiary/aromatic N) is 3. The Kier molecular flexibility index (Phi) is 5.83. The van der Waals surface area contributed by atoms with E-state index in [1.54, 1.807) is 36.7 Å². The number of carbonyl (C=O) groups excluding carboxylic acids is 1. The molecule has 0 bridgehead atoms. The fraction of sp³-hybridized carbons (Fsp3) is 0.273. The zero-order chi connectivity index (χ0) is 21.8. The Hall–Kier alpha value is -3.49. The predicted octanol–water partition coefficient (Wildman–Crippen LogP) is 4.32. The third kappa shape index (κ3) is 4.82. The Morgan fingerprint density at radius 1 is 0.935 bits per heavy atom. The van der Waals surface area contributed by atoms with Crippen LogP contribution in [-0.4, -0.2) is 32.9 Å². The molecular weight excluding hydrogens is 407 g/mol. The molecule has 1 aromatic carbocycles. The maximum absolute atomic E-state index is 13.0. The number of benzene rings is 1. The van der Waals surface area contributed by atoms with E-state index in [1.807, 2.05) is 6.07 Å². The maximum atomic E-state index is 13.0. The number of rotatable bonds is 5. The summed E-state index contributed by atoms with van der Waals surface area (Å²) in [6.45, 7) is 0. The third-order valence-electron chi connectivity index (χ3n) is 5.23. The molecule has 0 aliphatic heterocycles. The Labute approximate surface area is 177 Å². The summed E-state index contributed by atoms with van der Waals surface area (Å²) in [4.78, 5) is 25.3. The first kappa shape index (κ1) is 20.8. The first-order valence-corrected chi connectivity index (χ1v) is 9.89. The van der Waals surface area contributed by atoms with Gasteiger partial charge >= 0.3 is 6.18 Å². The van der Waals surface area contributed by atoms with Crippen LogP contribution in [-0.2, 0) is 6.18 Å². The quantitative estimate of drug-likeness (QED) is 0.634. The van der Waals surface area contributed by atoms with Crippen LogP contribution in [0.1, 0.15) is 35.2 Å². The summed E-state index contributed by atoms with van der Waals surface area (Å²) in [5, 5.41) is 6.20. The summed E-state index contributed by atoms with van der Waals surface area (Å²) in [7, 11) is 0. The van der Waals surface area contributed by atoms with Crippen LogP contribution >= 0.6 is 0 Å². The highest BCUT2D eigenvalue weighted by atomic mass is 19.4. The van der Waals surface area contributed by atoms with E-state index in [9.17, 15) is 18.0 Å². The van der Waals surface area contributed by atoms with Crippen molar-refractivity contribution in [1.29, 1.82) is 0 Å². The van der Waals surface area contributed by atoms with Crippen LogP contribution in [0.4, 0.5) is 19.0 Å². The lowest BCUT2D eigenvalue weighted by atomic mass is 10.0. The van der Waals surface area contributed by atoms with Crippen LogP contribution < -0.4 is 10.6 Å². The van der Waals surface area contributed by atoms with Gasteiger partial charge in [0.2, 0.25) is 0 Å². The van der Waals surface area contributed by atoms with Crippen molar-refractivity contribution < 1.29 is 18.0 Å². The number of nitrogens with one attached hydrogen (secondary N) is 2. The van der Waals surface area contributed by atoms with Crippen LogP contribution in [0, 0.1) is 0 Å². The van der Waals surface area contributed by atoms with E-state index in [1.165, 1.54) is 6.07 Å². The number of halogens is 3. The molecule has 9 heteroatoms. The molecule has 2 aromatic heterocycles. The number of amides is 1. The number of hydrogen-bond acceptors (Lipinski definition) is 5. The minimum absolute atomic E-state index is 0.131. The van der Waals surface area contributed by atoms with Gasteiger partial charge in [-0.05, 0) is 43.5 Å². The summed E-state index contributed by atoms with van der Waals surface area (Å²) in [6, 6.07) is 10.8. The van der Waals surface area contributed by atoms with Crippen LogP contribution in [0.15, 0.2) is 61.1 Å². The molecular formula is C22H20F3N5O. The van der Waals surface area contributed by atoms with Crippen molar-refractivity contribution in [2.75, 3.05) is 5.32 Å². The highest BCUT2D eigenvalue weighted by Crippen LogP contribution is 2.30. The van der Waals surface area contributed by atoms with Crippen molar-refractivity contribution in [3.8, 4) is 11.4 Å². The lowest BCUT2D eigenvalue weighted by molar-refractivity contribution is -0.137. The Morgan fingerprint density at radius 2 is 1.68 bits per heavy atom. The molecule has 1 aliphatic carbocycles. The third-order valence-corrected chi connectivity index (χ3v) is 5.23. The van der Waals surface area contributed by atoms with E-state index in [2.05, 4.69) is 25.6 Å². The van der Waals surface area contributed by atoms with E-state index in [-0.39, 0.29) is 18.0 Å². The number of aromatic nitrogens is 3. The van der Waals surface area contributed by atoms with Gasteiger partial charge in [-0.1, -0.05) is 18.2 Å². The summed E-state index contributed by atoms with van der Waals surface area (Å²) < 4.78 is 38.2. The van der Waals surface area contributed by atoms with Crippen LogP contribution in [0.25, 0.3) is 11.4 Å². The van der Waals surface area contributed by atoms with Gasteiger partial charge in [-0.2, -0.15) is 13.2 Å². The number of hydrogen-bond donors (Lipinski definition) is 2. The number of pyridine rings is 1. The summed E-state index contributed by atoms with van der Waals surface area (Å²) in [6.07, 6.45) is 2.03. The minimum Gasteiger partial charge on any atom is -0.365 e. The number of anilines is 1. The van der Waals surface area contributed by atoms with Gasteiger partial charge in [-0.3, -0.25) is 4.79 Å². The molecule has 4 rings (SSSR count). The average Bonchev–Trinajstić information content (AvgIpc) is 3.20. The summed E-state index contributed by atoms with van der Waals surface area (Å²) >= 11 is 0. The number of alkyl halides is 3. The van der Waals surface area contributed by atoms with Gasteiger partial charge in [0, 0.05) is 36.2 Å². The smallest absolute Gasteiger partial charge is 0.365 e.